The van der Waals surface area contributed by atoms with Crippen LogP contribution in [0.25, 0.3) is 26.7 Å². The molecule has 0 spiro atoms. The number of hydrogen-bond donors (Lipinski definition) is 3. The molecule has 2 aromatic heterocycles. The number of aliphatic hydroxyl groups excluding tert-OH is 1. The summed E-state index contributed by atoms with van der Waals surface area (Å²) in [5.74, 6) is 1.16. The summed E-state index contributed by atoms with van der Waals surface area (Å²) >= 11 is 1.73. The highest BCUT2D eigenvalue weighted by molar-refractivity contribution is 7.22. The van der Waals surface area contributed by atoms with Gasteiger partial charge in [-0.25, -0.2) is 4.98 Å². The number of amidine groups is 1. The lowest BCUT2D eigenvalue weighted by atomic mass is 10.2. The summed E-state index contributed by atoms with van der Waals surface area (Å²) in [4.78, 5) is 12.9. The van der Waals surface area contributed by atoms with Crippen LogP contribution < -0.4 is 5.73 Å². The standard InChI is InChI=1S/C17H18N4OS/c18-16(19-8-3-9-22)6-7-17-20-11-13(21-17)15-10-12-4-1-2-5-14(12)23-15/h1-2,4-7,10-11,22H,3,8-9H2,(H2,18,19)(H,20,21)/b7-6-. The Balaban J connectivity index is 1.74. The molecule has 0 aliphatic heterocycles. The smallest absolute Gasteiger partial charge is 0.130 e. The van der Waals surface area contributed by atoms with E-state index in [9.17, 15) is 0 Å². The van der Waals surface area contributed by atoms with Crippen LogP contribution in [0.4, 0.5) is 0 Å². The molecule has 0 fully saturated rings. The van der Waals surface area contributed by atoms with E-state index in [1.807, 2.05) is 18.3 Å². The summed E-state index contributed by atoms with van der Waals surface area (Å²) in [5.41, 5.74) is 6.76. The number of thiophene rings is 1. The Morgan fingerprint density at radius 1 is 1.39 bits per heavy atom. The third kappa shape index (κ3) is 3.85. The van der Waals surface area contributed by atoms with E-state index in [0.29, 0.717) is 18.8 Å². The maximum atomic E-state index is 8.71. The molecule has 3 aromatic rings. The lowest BCUT2D eigenvalue weighted by Gasteiger charge is -1.93. The molecule has 0 aliphatic rings. The number of hydrogen-bond acceptors (Lipinski definition) is 4. The van der Waals surface area contributed by atoms with Gasteiger partial charge in [-0.1, -0.05) is 18.2 Å². The highest BCUT2D eigenvalue weighted by Gasteiger charge is 2.06. The van der Waals surface area contributed by atoms with E-state index in [1.165, 1.54) is 10.1 Å². The number of aliphatic hydroxyl groups is 1. The lowest BCUT2D eigenvalue weighted by molar-refractivity contribution is 0.291. The van der Waals surface area contributed by atoms with Crippen LogP contribution in [0.2, 0.25) is 0 Å². The largest absolute Gasteiger partial charge is 0.396 e. The van der Waals surface area contributed by atoms with Gasteiger partial charge in [0.05, 0.1) is 16.8 Å². The molecule has 3 rings (SSSR count). The first-order chi connectivity index (χ1) is 11.3. The summed E-state index contributed by atoms with van der Waals surface area (Å²) in [6.45, 7) is 0.648. The fourth-order valence-electron chi connectivity index (χ4n) is 2.16. The van der Waals surface area contributed by atoms with Crippen LogP contribution in [0.5, 0.6) is 0 Å². The zero-order valence-electron chi connectivity index (χ0n) is 12.6. The number of fused-ring (bicyclic) bond motifs is 1. The predicted octanol–water partition coefficient (Wildman–Crippen LogP) is 3.04. The molecule has 0 bridgehead atoms. The molecule has 0 unspecified atom stereocenters. The fraction of sp³-hybridized carbons (Fsp3) is 0.176. The molecule has 0 saturated carbocycles. The number of rotatable bonds is 6. The number of imidazole rings is 1. The predicted molar refractivity (Wildman–Crippen MR) is 96.6 cm³/mol. The van der Waals surface area contributed by atoms with Crippen molar-refractivity contribution in [3.8, 4) is 10.6 Å². The van der Waals surface area contributed by atoms with E-state index < -0.39 is 0 Å². The first-order valence-corrected chi connectivity index (χ1v) is 8.21. The summed E-state index contributed by atoms with van der Waals surface area (Å²) in [6.07, 6.45) is 5.95. The maximum Gasteiger partial charge on any atom is 0.130 e. The van der Waals surface area contributed by atoms with Gasteiger partial charge >= 0.3 is 0 Å². The van der Waals surface area contributed by atoms with E-state index in [4.69, 9.17) is 10.8 Å². The van der Waals surface area contributed by atoms with Gasteiger partial charge in [0.25, 0.3) is 0 Å². The average Bonchev–Trinajstić information content (AvgIpc) is 3.19. The Morgan fingerprint density at radius 3 is 3.09 bits per heavy atom. The quantitative estimate of drug-likeness (QED) is 0.369. The van der Waals surface area contributed by atoms with Gasteiger partial charge in [-0.3, -0.25) is 4.99 Å². The number of aromatic nitrogens is 2. The van der Waals surface area contributed by atoms with Gasteiger partial charge in [0.1, 0.15) is 11.7 Å². The molecular formula is C17H18N4OS. The minimum atomic E-state index is 0.122. The maximum absolute atomic E-state index is 8.71. The molecule has 0 radical (unpaired) electrons. The van der Waals surface area contributed by atoms with Crippen molar-refractivity contribution in [2.45, 2.75) is 6.42 Å². The van der Waals surface area contributed by atoms with Crippen molar-refractivity contribution in [1.82, 2.24) is 9.97 Å². The molecule has 6 heteroatoms. The Morgan fingerprint density at radius 2 is 2.26 bits per heavy atom. The number of nitrogens with two attached hydrogens (primary N) is 1. The number of H-pyrrole nitrogens is 1. The molecule has 5 nitrogen and oxygen atoms in total. The molecule has 23 heavy (non-hydrogen) atoms. The summed E-state index contributed by atoms with van der Waals surface area (Å²) in [7, 11) is 0. The van der Waals surface area contributed by atoms with Gasteiger partial charge in [-0.15, -0.1) is 11.3 Å². The number of aromatic amines is 1. The van der Waals surface area contributed by atoms with Gasteiger partial charge in [0, 0.05) is 17.9 Å². The molecule has 0 amide bonds. The van der Waals surface area contributed by atoms with Crippen molar-refractivity contribution in [2.24, 2.45) is 10.7 Å². The van der Waals surface area contributed by atoms with Gasteiger partial charge in [0.15, 0.2) is 0 Å². The van der Waals surface area contributed by atoms with Gasteiger partial charge < -0.3 is 15.8 Å². The molecule has 0 saturated heterocycles. The molecular weight excluding hydrogens is 308 g/mol. The monoisotopic (exact) mass is 326 g/mol. The topological polar surface area (TPSA) is 87.3 Å². The average molecular weight is 326 g/mol. The molecule has 0 atom stereocenters. The number of nitrogens with zero attached hydrogens (tertiary/aromatic N) is 2. The lowest BCUT2D eigenvalue weighted by Crippen LogP contribution is -2.08. The molecule has 1 aromatic carbocycles. The minimum Gasteiger partial charge on any atom is -0.396 e. The van der Waals surface area contributed by atoms with Crippen LogP contribution in [0.1, 0.15) is 12.2 Å². The van der Waals surface area contributed by atoms with Crippen LogP contribution in [0, 0.1) is 0 Å². The van der Waals surface area contributed by atoms with Crippen molar-refractivity contribution in [1.29, 1.82) is 0 Å². The van der Waals surface area contributed by atoms with E-state index in [1.54, 1.807) is 23.5 Å². The first-order valence-electron chi connectivity index (χ1n) is 7.39. The van der Waals surface area contributed by atoms with Crippen LogP contribution in [0.15, 0.2) is 47.6 Å². The number of nitrogens with one attached hydrogen (secondary N) is 1. The zero-order valence-corrected chi connectivity index (χ0v) is 13.4. The van der Waals surface area contributed by atoms with Crippen LogP contribution in [0.3, 0.4) is 0 Å². The van der Waals surface area contributed by atoms with E-state index >= 15 is 0 Å². The minimum absolute atomic E-state index is 0.122. The van der Waals surface area contributed by atoms with Crippen molar-refractivity contribution in [3.63, 3.8) is 0 Å². The van der Waals surface area contributed by atoms with E-state index in [2.05, 4.69) is 33.2 Å². The molecule has 0 aliphatic carbocycles. The second kappa shape index (κ2) is 7.21. The molecule has 2 heterocycles. The summed E-state index contributed by atoms with van der Waals surface area (Å²) in [6, 6.07) is 10.5. The fourth-order valence-corrected chi connectivity index (χ4v) is 3.18. The Hall–Kier alpha value is -2.44. The van der Waals surface area contributed by atoms with Gasteiger partial charge in [-0.05, 0) is 36.1 Å². The van der Waals surface area contributed by atoms with Crippen molar-refractivity contribution in [3.05, 3.63) is 48.4 Å². The first kappa shape index (κ1) is 15.5. The SMILES string of the molecule is NC(/C=C\c1ncc(-c2cc3ccccc3s2)[nH]1)=NCCCO. The normalized spacial score (nSPS) is 12.5. The Kier molecular flexibility index (Phi) is 4.85. The third-order valence-electron chi connectivity index (χ3n) is 3.31. The number of benzene rings is 1. The summed E-state index contributed by atoms with van der Waals surface area (Å²) in [5, 5.41) is 9.94. The number of aliphatic imine (C=N–C) groups is 1. The van der Waals surface area contributed by atoms with Crippen LogP contribution in [-0.2, 0) is 0 Å². The van der Waals surface area contributed by atoms with Gasteiger partial charge in [-0.2, -0.15) is 0 Å². The van der Waals surface area contributed by atoms with Gasteiger partial charge in [0.2, 0.25) is 0 Å². The Labute approximate surface area is 138 Å². The zero-order chi connectivity index (χ0) is 16.1. The highest BCUT2D eigenvalue weighted by Crippen LogP contribution is 2.32. The van der Waals surface area contributed by atoms with Crippen molar-refractivity contribution in [2.75, 3.05) is 13.2 Å². The van der Waals surface area contributed by atoms with Crippen molar-refractivity contribution < 1.29 is 5.11 Å². The molecule has 118 valence electrons. The second-order valence-corrected chi connectivity index (χ2v) is 6.13. The van der Waals surface area contributed by atoms with Crippen LogP contribution >= 0.6 is 11.3 Å². The summed E-state index contributed by atoms with van der Waals surface area (Å²) < 4.78 is 1.26. The van der Waals surface area contributed by atoms with E-state index in [-0.39, 0.29) is 6.61 Å². The van der Waals surface area contributed by atoms with Crippen LogP contribution in [-0.4, -0.2) is 34.1 Å². The third-order valence-corrected chi connectivity index (χ3v) is 4.46. The Bertz CT molecular complexity index is 814. The highest BCUT2D eigenvalue weighted by atomic mass is 32.1. The van der Waals surface area contributed by atoms with Crippen molar-refractivity contribution >= 4 is 33.3 Å². The second-order valence-electron chi connectivity index (χ2n) is 5.05. The molecule has 4 N–H and O–H groups in total. The van der Waals surface area contributed by atoms with E-state index in [0.717, 1.165) is 16.4 Å².